The molecule has 1 N–H and O–H groups in total. The quantitative estimate of drug-likeness (QED) is 0.412. The van der Waals surface area contributed by atoms with E-state index in [0.29, 0.717) is 36.9 Å². The molecular weight excluding hydrogens is 378 g/mol. The van der Waals surface area contributed by atoms with Crippen molar-refractivity contribution in [1.82, 2.24) is 4.90 Å². The summed E-state index contributed by atoms with van der Waals surface area (Å²) in [6, 6.07) is 11.5. The molecule has 1 aliphatic rings. The molecule has 154 valence electrons. The van der Waals surface area contributed by atoms with E-state index in [0.717, 1.165) is 0 Å². The highest BCUT2D eigenvalue weighted by Crippen LogP contribution is 2.31. The summed E-state index contributed by atoms with van der Waals surface area (Å²) in [6.07, 6.45) is -0.345. The van der Waals surface area contributed by atoms with E-state index in [9.17, 15) is 14.9 Å². The van der Waals surface area contributed by atoms with Gasteiger partial charge in [-0.1, -0.05) is 12.1 Å². The van der Waals surface area contributed by atoms with Crippen LogP contribution in [0.25, 0.3) is 0 Å². The van der Waals surface area contributed by atoms with Gasteiger partial charge < -0.3 is 24.4 Å². The summed E-state index contributed by atoms with van der Waals surface area (Å²) >= 11 is 0. The first-order chi connectivity index (χ1) is 14.0. The molecular formula is C20H23N3O6. The number of fused-ring (bicyclic) bond motifs is 1. The molecule has 1 atom stereocenters. The van der Waals surface area contributed by atoms with Gasteiger partial charge in [-0.2, -0.15) is 0 Å². The SMILES string of the molecule is COCCNc1ccc([N+](=O)[O-])cc1C(=O)N(C)CC1COc2ccccc2O1. The molecule has 1 heterocycles. The Labute approximate surface area is 168 Å². The molecule has 1 aliphatic heterocycles. The number of methoxy groups -OCH3 is 1. The Bertz CT molecular complexity index is 888. The van der Waals surface area contributed by atoms with Crippen LogP contribution in [0.15, 0.2) is 42.5 Å². The summed E-state index contributed by atoms with van der Waals surface area (Å²) in [5.74, 6) is 0.944. The number of hydrogen-bond acceptors (Lipinski definition) is 7. The van der Waals surface area contributed by atoms with E-state index in [1.165, 1.54) is 23.1 Å². The van der Waals surface area contributed by atoms with Crippen LogP contribution in [0.5, 0.6) is 11.5 Å². The molecule has 29 heavy (non-hydrogen) atoms. The summed E-state index contributed by atoms with van der Waals surface area (Å²) in [7, 11) is 3.20. The first kappa shape index (κ1) is 20.4. The van der Waals surface area contributed by atoms with Gasteiger partial charge in [-0.3, -0.25) is 14.9 Å². The second-order valence-electron chi connectivity index (χ2n) is 6.59. The molecule has 1 amide bonds. The fourth-order valence-corrected chi connectivity index (χ4v) is 3.01. The van der Waals surface area contributed by atoms with Crippen LogP contribution in [0.1, 0.15) is 10.4 Å². The van der Waals surface area contributed by atoms with Crippen LogP contribution < -0.4 is 14.8 Å². The van der Waals surface area contributed by atoms with Gasteiger partial charge in [0.05, 0.1) is 23.6 Å². The number of carbonyl (C=O) groups excluding carboxylic acids is 1. The van der Waals surface area contributed by atoms with Crippen molar-refractivity contribution < 1.29 is 23.9 Å². The number of nitro groups is 1. The van der Waals surface area contributed by atoms with E-state index in [1.807, 2.05) is 24.3 Å². The lowest BCUT2D eigenvalue weighted by Gasteiger charge is -2.30. The van der Waals surface area contributed by atoms with Gasteiger partial charge in [0.15, 0.2) is 17.6 Å². The van der Waals surface area contributed by atoms with E-state index in [1.54, 1.807) is 14.2 Å². The van der Waals surface area contributed by atoms with Crippen LogP contribution in [0.2, 0.25) is 0 Å². The Kier molecular flexibility index (Phi) is 6.50. The van der Waals surface area contributed by atoms with Gasteiger partial charge in [0.2, 0.25) is 0 Å². The fourth-order valence-electron chi connectivity index (χ4n) is 3.01. The minimum Gasteiger partial charge on any atom is -0.486 e. The molecule has 3 rings (SSSR count). The lowest BCUT2D eigenvalue weighted by Crippen LogP contribution is -2.42. The number of nitrogens with zero attached hydrogens (tertiary/aromatic N) is 2. The highest BCUT2D eigenvalue weighted by atomic mass is 16.6. The molecule has 0 bridgehead atoms. The smallest absolute Gasteiger partial charge is 0.270 e. The molecule has 2 aromatic carbocycles. The second-order valence-corrected chi connectivity index (χ2v) is 6.59. The summed E-state index contributed by atoms with van der Waals surface area (Å²) in [5.41, 5.74) is 0.579. The van der Waals surface area contributed by atoms with Crippen molar-refractivity contribution in [3.05, 3.63) is 58.1 Å². The number of rotatable bonds is 8. The van der Waals surface area contributed by atoms with Gasteiger partial charge in [-0.15, -0.1) is 0 Å². The van der Waals surface area contributed by atoms with Crippen molar-refractivity contribution in [3.8, 4) is 11.5 Å². The van der Waals surface area contributed by atoms with Crippen LogP contribution in [0.3, 0.4) is 0 Å². The van der Waals surface area contributed by atoms with Crippen molar-refractivity contribution >= 4 is 17.3 Å². The maximum absolute atomic E-state index is 13.0. The normalized spacial score (nSPS) is 14.9. The van der Waals surface area contributed by atoms with Crippen LogP contribution in [0.4, 0.5) is 11.4 Å². The molecule has 0 spiro atoms. The van der Waals surface area contributed by atoms with Crippen LogP contribution >= 0.6 is 0 Å². The van der Waals surface area contributed by atoms with Gasteiger partial charge in [0.1, 0.15) is 6.61 Å². The summed E-state index contributed by atoms with van der Waals surface area (Å²) in [5, 5.41) is 14.2. The van der Waals surface area contributed by atoms with Crippen molar-refractivity contribution in [2.75, 3.05) is 45.8 Å². The van der Waals surface area contributed by atoms with E-state index in [-0.39, 0.29) is 29.8 Å². The number of nitro benzene ring substituents is 1. The molecule has 0 saturated carbocycles. The minimum absolute atomic E-state index is 0.148. The average molecular weight is 401 g/mol. The molecule has 0 aliphatic carbocycles. The largest absolute Gasteiger partial charge is 0.486 e. The third-order valence-electron chi connectivity index (χ3n) is 4.46. The predicted molar refractivity (Wildman–Crippen MR) is 107 cm³/mol. The van der Waals surface area contributed by atoms with Gasteiger partial charge in [0.25, 0.3) is 11.6 Å². The predicted octanol–water partition coefficient (Wildman–Crippen LogP) is 2.57. The topological polar surface area (TPSA) is 103 Å². The van der Waals surface area contributed by atoms with E-state index >= 15 is 0 Å². The Hall–Kier alpha value is -3.33. The van der Waals surface area contributed by atoms with Crippen molar-refractivity contribution in [2.24, 2.45) is 0 Å². The number of carbonyl (C=O) groups is 1. The third kappa shape index (κ3) is 4.94. The number of likely N-dealkylation sites (N-methyl/N-ethyl adjacent to an activating group) is 1. The zero-order chi connectivity index (χ0) is 20.8. The van der Waals surface area contributed by atoms with Gasteiger partial charge >= 0.3 is 0 Å². The molecule has 0 aromatic heterocycles. The molecule has 2 aromatic rings. The molecule has 9 heteroatoms. The lowest BCUT2D eigenvalue weighted by atomic mass is 10.1. The number of nitrogens with one attached hydrogen (secondary N) is 1. The molecule has 9 nitrogen and oxygen atoms in total. The van der Waals surface area contributed by atoms with Crippen LogP contribution in [-0.2, 0) is 4.74 Å². The Morgan fingerprint density at radius 1 is 1.31 bits per heavy atom. The summed E-state index contributed by atoms with van der Waals surface area (Å²) in [4.78, 5) is 25.1. The van der Waals surface area contributed by atoms with Gasteiger partial charge in [-0.05, 0) is 18.2 Å². The zero-order valence-corrected chi connectivity index (χ0v) is 16.3. The van der Waals surface area contributed by atoms with Crippen LogP contribution in [0, 0.1) is 10.1 Å². The maximum atomic E-state index is 13.0. The van der Waals surface area contributed by atoms with E-state index < -0.39 is 4.92 Å². The lowest BCUT2D eigenvalue weighted by molar-refractivity contribution is -0.384. The number of anilines is 1. The average Bonchev–Trinajstić information content (AvgIpc) is 2.73. The van der Waals surface area contributed by atoms with Gasteiger partial charge in [0, 0.05) is 38.5 Å². The van der Waals surface area contributed by atoms with Crippen molar-refractivity contribution in [1.29, 1.82) is 0 Å². The monoisotopic (exact) mass is 401 g/mol. The highest BCUT2D eigenvalue weighted by Gasteiger charge is 2.26. The number of non-ortho nitro benzene ring substituents is 1. The van der Waals surface area contributed by atoms with Gasteiger partial charge in [-0.25, -0.2) is 0 Å². The summed E-state index contributed by atoms with van der Waals surface area (Å²) in [6.45, 7) is 1.48. The number of hydrogen-bond donors (Lipinski definition) is 1. The maximum Gasteiger partial charge on any atom is 0.270 e. The molecule has 1 unspecified atom stereocenters. The third-order valence-corrected chi connectivity index (χ3v) is 4.46. The number of para-hydroxylation sites is 2. The number of amides is 1. The first-order valence-electron chi connectivity index (χ1n) is 9.14. The molecule has 0 fully saturated rings. The molecule has 0 saturated heterocycles. The van der Waals surface area contributed by atoms with E-state index in [4.69, 9.17) is 14.2 Å². The molecule has 0 radical (unpaired) electrons. The van der Waals surface area contributed by atoms with Crippen LogP contribution in [-0.4, -0.2) is 62.3 Å². The Morgan fingerprint density at radius 2 is 2.07 bits per heavy atom. The first-order valence-corrected chi connectivity index (χ1v) is 9.14. The summed E-state index contributed by atoms with van der Waals surface area (Å²) < 4.78 is 16.6. The highest BCUT2D eigenvalue weighted by molar-refractivity contribution is 6.00. The number of ether oxygens (including phenoxy) is 3. The minimum atomic E-state index is -0.523. The Balaban J connectivity index is 1.74. The Morgan fingerprint density at radius 3 is 2.79 bits per heavy atom. The number of benzene rings is 2. The van der Waals surface area contributed by atoms with Crippen molar-refractivity contribution in [2.45, 2.75) is 6.10 Å². The standard InChI is InChI=1S/C20H23N3O6/c1-22(12-15-13-28-18-5-3-4-6-19(18)29-15)20(24)16-11-14(23(25)26)7-8-17(16)21-9-10-27-2/h3-8,11,15,21H,9-10,12-13H2,1-2H3. The van der Waals surface area contributed by atoms with Crippen molar-refractivity contribution in [3.63, 3.8) is 0 Å². The second kappa shape index (κ2) is 9.24. The fraction of sp³-hybridized carbons (Fsp3) is 0.350. The zero-order valence-electron chi connectivity index (χ0n) is 16.3. The van der Waals surface area contributed by atoms with E-state index in [2.05, 4.69) is 5.32 Å².